The van der Waals surface area contributed by atoms with Gasteiger partial charge in [-0.15, -0.1) is 11.3 Å². The normalized spacial score (nSPS) is 18.9. The summed E-state index contributed by atoms with van der Waals surface area (Å²) in [6, 6.07) is 10.6. The second-order valence-corrected chi connectivity index (χ2v) is 9.32. The largest absolute Gasteiger partial charge is 0.379 e. The molecule has 0 aliphatic carbocycles. The third-order valence-corrected chi connectivity index (χ3v) is 7.35. The predicted molar refractivity (Wildman–Crippen MR) is 124 cm³/mol. The first kappa shape index (κ1) is 19.9. The molecule has 0 amide bonds. The van der Waals surface area contributed by atoms with Crippen molar-refractivity contribution in [2.45, 2.75) is 26.2 Å². The first-order chi connectivity index (χ1) is 14.8. The molecule has 2 aliphatic rings. The number of ether oxygens (including phenoxy) is 1. The summed E-state index contributed by atoms with van der Waals surface area (Å²) >= 11 is 1.73. The third kappa shape index (κ3) is 4.22. The zero-order chi connectivity index (χ0) is 20.3. The zero-order valence-corrected chi connectivity index (χ0v) is 18.5. The maximum atomic E-state index is 5.47. The molecule has 6 heteroatoms. The van der Waals surface area contributed by atoms with E-state index in [4.69, 9.17) is 14.7 Å². The lowest BCUT2D eigenvalue weighted by atomic mass is 9.93. The van der Waals surface area contributed by atoms with Gasteiger partial charge in [0.05, 0.1) is 18.6 Å². The van der Waals surface area contributed by atoms with E-state index in [-0.39, 0.29) is 0 Å². The zero-order valence-electron chi connectivity index (χ0n) is 17.7. The van der Waals surface area contributed by atoms with Gasteiger partial charge in [0.25, 0.3) is 0 Å². The summed E-state index contributed by atoms with van der Waals surface area (Å²) in [6.45, 7) is 9.38. The molecule has 0 radical (unpaired) electrons. The second kappa shape index (κ2) is 9.00. The molecule has 0 spiro atoms. The smallest absolute Gasteiger partial charge is 0.141 e. The van der Waals surface area contributed by atoms with Crippen LogP contribution in [-0.2, 0) is 4.74 Å². The Morgan fingerprint density at radius 1 is 1.03 bits per heavy atom. The van der Waals surface area contributed by atoms with E-state index in [9.17, 15) is 0 Å². The molecule has 3 aromatic rings. The number of aromatic nitrogens is 2. The Kier molecular flexibility index (Phi) is 5.97. The Bertz CT molecular complexity index is 976. The van der Waals surface area contributed by atoms with E-state index in [1.54, 1.807) is 11.3 Å². The van der Waals surface area contributed by atoms with Crippen molar-refractivity contribution in [2.75, 3.05) is 50.8 Å². The van der Waals surface area contributed by atoms with Crippen molar-refractivity contribution in [1.82, 2.24) is 14.9 Å². The number of rotatable bonds is 5. The fourth-order valence-electron chi connectivity index (χ4n) is 4.71. The number of anilines is 1. The monoisotopic (exact) mass is 422 g/mol. The Morgan fingerprint density at radius 2 is 1.80 bits per heavy atom. The summed E-state index contributed by atoms with van der Waals surface area (Å²) in [4.78, 5) is 15.8. The van der Waals surface area contributed by atoms with Gasteiger partial charge in [-0.25, -0.2) is 9.97 Å². The van der Waals surface area contributed by atoms with E-state index < -0.39 is 0 Å². The summed E-state index contributed by atoms with van der Waals surface area (Å²) in [5.41, 5.74) is 2.51. The van der Waals surface area contributed by atoms with Crippen LogP contribution in [0.2, 0.25) is 0 Å². The number of morpholine rings is 1. The van der Waals surface area contributed by atoms with Crippen LogP contribution in [-0.4, -0.2) is 60.8 Å². The van der Waals surface area contributed by atoms with E-state index in [1.807, 2.05) is 6.92 Å². The summed E-state index contributed by atoms with van der Waals surface area (Å²) in [6.07, 6.45) is 3.80. The van der Waals surface area contributed by atoms with Crippen LogP contribution in [0.15, 0.2) is 35.7 Å². The lowest BCUT2D eigenvalue weighted by Crippen LogP contribution is -2.39. The fraction of sp³-hybridized carbons (Fsp3) is 0.500. The van der Waals surface area contributed by atoms with Crippen LogP contribution in [0.1, 0.15) is 25.1 Å². The van der Waals surface area contributed by atoms with Gasteiger partial charge >= 0.3 is 0 Å². The van der Waals surface area contributed by atoms with Crippen LogP contribution in [0, 0.1) is 12.8 Å². The van der Waals surface area contributed by atoms with Gasteiger partial charge in [0.1, 0.15) is 16.5 Å². The standard InChI is InChI=1S/C24H30N4OS/c1-18-25-23(22-21(17-30-24(22)26-18)20-5-3-2-4-6-20)28-11-8-19(9-12-28)7-10-27-13-15-29-16-14-27/h2-6,17,19H,7-16H2,1H3. The van der Waals surface area contributed by atoms with E-state index in [1.165, 1.54) is 42.3 Å². The fourth-order valence-corrected chi connectivity index (χ4v) is 5.70. The highest BCUT2D eigenvalue weighted by Gasteiger charge is 2.25. The number of hydrogen-bond acceptors (Lipinski definition) is 6. The van der Waals surface area contributed by atoms with E-state index in [0.717, 1.165) is 61.8 Å². The van der Waals surface area contributed by atoms with Gasteiger partial charge in [0.2, 0.25) is 0 Å². The highest BCUT2D eigenvalue weighted by Crippen LogP contribution is 2.39. The first-order valence-corrected chi connectivity index (χ1v) is 12.0. The van der Waals surface area contributed by atoms with Crippen LogP contribution in [0.25, 0.3) is 21.3 Å². The summed E-state index contributed by atoms with van der Waals surface area (Å²) in [5.74, 6) is 2.82. The molecule has 5 nitrogen and oxygen atoms in total. The van der Waals surface area contributed by atoms with Crippen molar-refractivity contribution in [2.24, 2.45) is 5.92 Å². The predicted octanol–water partition coefficient (Wildman–Crippen LogP) is 4.61. The van der Waals surface area contributed by atoms with E-state index >= 15 is 0 Å². The summed E-state index contributed by atoms with van der Waals surface area (Å²) < 4.78 is 5.47. The maximum absolute atomic E-state index is 5.47. The van der Waals surface area contributed by atoms with Crippen LogP contribution in [0.4, 0.5) is 5.82 Å². The minimum atomic E-state index is 0.818. The lowest BCUT2D eigenvalue weighted by molar-refractivity contribution is 0.0349. The topological polar surface area (TPSA) is 41.5 Å². The van der Waals surface area contributed by atoms with Gasteiger partial charge in [-0.3, -0.25) is 4.90 Å². The summed E-state index contributed by atoms with van der Waals surface area (Å²) in [5, 5.41) is 3.47. The van der Waals surface area contributed by atoms with Crippen molar-refractivity contribution < 1.29 is 4.74 Å². The van der Waals surface area contributed by atoms with Crippen LogP contribution in [0.5, 0.6) is 0 Å². The number of fused-ring (bicyclic) bond motifs is 1. The molecule has 1 aromatic carbocycles. The average Bonchev–Trinajstić information content (AvgIpc) is 3.22. The molecule has 0 saturated carbocycles. The maximum Gasteiger partial charge on any atom is 0.141 e. The van der Waals surface area contributed by atoms with Gasteiger partial charge in [0.15, 0.2) is 0 Å². The Morgan fingerprint density at radius 3 is 2.57 bits per heavy atom. The Balaban J connectivity index is 1.32. The number of piperidine rings is 1. The molecule has 2 aromatic heterocycles. The molecule has 0 bridgehead atoms. The van der Waals surface area contributed by atoms with Gasteiger partial charge in [-0.2, -0.15) is 0 Å². The Labute approximate surface area is 182 Å². The van der Waals surface area contributed by atoms with Crippen molar-refractivity contribution in [1.29, 1.82) is 0 Å². The molecular weight excluding hydrogens is 392 g/mol. The molecule has 0 N–H and O–H groups in total. The molecule has 5 rings (SSSR count). The third-order valence-electron chi connectivity index (χ3n) is 6.48. The number of benzene rings is 1. The average molecular weight is 423 g/mol. The lowest BCUT2D eigenvalue weighted by Gasteiger charge is -2.35. The molecule has 2 saturated heterocycles. The van der Waals surface area contributed by atoms with Gasteiger partial charge in [-0.1, -0.05) is 30.3 Å². The SMILES string of the molecule is Cc1nc(N2CCC(CCN3CCOCC3)CC2)c2c(-c3ccccc3)csc2n1. The summed E-state index contributed by atoms with van der Waals surface area (Å²) in [7, 11) is 0. The molecule has 4 heterocycles. The molecule has 0 atom stereocenters. The van der Waals surface area contributed by atoms with Crippen LogP contribution < -0.4 is 4.90 Å². The highest BCUT2D eigenvalue weighted by atomic mass is 32.1. The quantitative estimate of drug-likeness (QED) is 0.601. The van der Waals surface area contributed by atoms with Crippen molar-refractivity contribution in [3.05, 3.63) is 41.5 Å². The van der Waals surface area contributed by atoms with Crippen molar-refractivity contribution >= 4 is 27.4 Å². The van der Waals surface area contributed by atoms with Crippen molar-refractivity contribution in [3.63, 3.8) is 0 Å². The number of thiophene rings is 1. The van der Waals surface area contributed by atoms with Crippen molar-refractivity contribution in [3.8, 4) is 11.1 Å². The molecule has 0 unspecified atom stereocenters. The second-order valence-electron chi connectivity index (χ2n) is 8.46. The highest BCUT2D eigenvalue weighted by molar-refractivity contribution is 7.17. The minimum absolute atomic E-state index is 0.818. The Hall–Kier alpha value is -2.02. The molecule has 30 heavy (non-hydrogen) atoms. The first-order valence-electron chi connectivity index (χ1n) is 11.1. The number of hydrogen-bond donors (Lipinski definition) is 0. The molecule has 2 fully saturated rings. The molecular formula is C24H30N4OS. The number of nitrogens with zero attached hydrogens (tertiary/aromatic N) is 4. The van der Waals surface area contributed by atoms with Crippen LogP contribution >= 0.6 is 11.3 Å². The number of aryl methyl sites for hydroxylation is 1. The molecule has 158 valence electrons. The minimum Gasteiger partial charge on any atom is -0.379 e. The van der Waals surface area contributed by atoms with Gasteiger partial charge in [-0.05, 0) is 44.2 Å². The van der Waals surface area contributed by atoms with E-state index in [0.29, 0.717) is 0 Å². The van der Waals surface area contributed by atoms with Gasteiger partial charge in [0, 0.05) is 37.1 Å². The van der Waals surface area contributed by atoms with Crippen LogP contribution in [0.3, 0.4) is 0 Å². The molecule has 2 aliphatic heterocycles. The van der Waals surface area contributed by atoms with Gasteiger partial charge < -0.3 is 9.64 Å². The van der Waals surface area contributed by atoms with E-state index in [2.05, 4.69) is 45.5 Å².